The lowest BCUT2D eigenvalue weighted by molar-refractivity contribution is 0.00815. The fraction of sp³-hybridized carbons (Fsp3) is 0.500. The van der Waals surface area contributed by atoms with E-state index in [4.69, 9.17) is 14.3 Å². The third kappa shape index (κ3) is 2.50. The summed E-state index contributed by atoms with van der Waals surface area (Å²) in [5, 5.41) is 1.64. The Morgan fingerprint density at radius 1 is 1.35 bits per heavy atom. The molecule has 1 saturated heterocycles. The Labute approximate surface area is 99.8 Å². The van der Waals surface area contributed by atoms with Crippen LogP contribution in [0.15, 0.2) is 24.3 Å². The molecule has 1 aromatic rings. The summed E-state index contributed by atoms with van der Waals surface area (Å²) in [6.45, 7) is 0.313. The van der Waals surface area contributed by atoms with Gasteiger partial charge in [0.25, 0.3) is 0 Å². The lowest BCUT2D eigenvalue weighted by Gasteiger charge is -2.28. The van der Waals surface area contributed by atoms with Crippen LogP contribution in [-0.2, 0) is 9.57 Å². The Morgan fingerprint density at radius 2 is 2.12 bits per heavy atom. The second kappa shape index (κ2) is 5.33. The Kier molecular flexibility index (Phi) is 3.81. The van der Waals surface area contributed by atoms with Crippen LogP contribution in [0.1, 0.15) is 6.42 Å². The molecule has 94 valence electrons. The highest BCUT2D eigenvalue weighted by molar-refractivity contribution is 5.57. The van der Waals surface area contributed by atoms with Crippen molar-refractivity contribution < 1.29 is 18.7 Å². The van der Waals surface area contributed by atoms with Crippen molar-refractivity contribution in [3.8, 4) is 5.75 Å². The van der Waals surface area contributed by atoms with Gasteiger partial charge in [-0.25, -0.2) is 9.45 Å². The number of hydrogen-bond donors (Lipinski definition) is 0. The van der Waals surface area contributed by atoms with E-state index in [2.05, 4.69) is 0 Å². The van der Waals surface area contributed by atoms with Crippen LogP contribution < -0.4 is 9.80 Å². The van der Waals surface area contributed by atoms with Gasteiger partial charge in [-0.2, -0.15) is 0 Å². The first-order valence-corrected chi connectivity index (χ1v) is 5.48. The maximum absolute atomic E-state index is 13.0. The van der Waals surface area contributed by atoms with E-state index < -0.39 is 6.36 Å². The zero-order chi connectivity index (χ0) is 12.3. The first-order valence-electron chi connectivity index (χ1n) is 5.48. The zero-order valence-electron chi connectivity index (χ0n) is 9.93. The Balaban J connectivity index is 2.22. The minimum Gasteiger partial charge on any atom is -0.494 e. The molecular formula is C12H16FNO3. The van der Waals surface area contributed by atoms with Gasteiger partial charge in [-0.15, -0.1) is 0 Å². The van der Waals surface area contributed by atoms with Gasteiger partial charge >= 0.3 is 0 Å². The average Bonchev–Trinajstić information content (AvgIpc) is 2.77. The predicted molar refractivity (Wildman–Crippen MR) is 61.7 cm³/mol. The van der Waals surface area contributed by atoms with E-state index in [1.165, 1.54) is 0 Å². The first-order chi connectivity index (χ1) is 8.26. The smallest absolute Gasteiger partial charge is 0.201 e. The first kappa shape index (κ1) is 12.1. The van der Waals surface area contributed by atoms with E-state index in [0.29, 0.717) is 18.8 Å². The van der Waals surface area contributed by atoms with Crippen LogP contribution in [0.5, 0.6) is 5.75 Å². The molecule has 0 bridgehead atoms. The highest BCUT2D eigenvalue weighted by atomic mass is 19.1. The van der Waals surface area contributed by atoms with Crippen LogP contribution >= 0.6 is 0 Å². The number of benzene rings is 1. The summed E-state index contributed by atoms with van der Waals surface area (Å²) in [4.78, 5) is 5.32. The standard InChI is InChI=1S/C12H16FNO3/c1-15-11-6-4-3-5-10(11)14(16-2)9-7-12(13)17-8-9/h3-6,9,12H,7-8H2,1-2H3. The molecule has 2 rings (SSSR count). The van der Waals surface area contributed by atoms with Crippen LogP contribution in [0.4, 0.5) is 10.1 Å². The molecule has 0 spiro atoms. The third-order valence-electron chi connectivity index (χ3n) is 2.78. The number of para-hydroxylation sites is 2. The summed E-state index contributed by atoms with van der Waals surface area (Å²) in [6.07, 6.45) is -0.918. The molecule has 1 aliphatic rings. The molecule has 1 fully saturated rings. The normalized spacial score (nSPS) is 23.7. The van der Waals surface area contributed by atoms with Crippen LogP contribution in [-0.4, -0.2) is 33.2 Å². The van der Waals surface area contributed by atoms with Crippen molar-refractivity contribution in [3.05, 3.63) is 24.3 Å². The summed E-state index contributed by atoms with van der Waals surface area (Å²) in [7, 11) is 3.15. The third-order valence-corrected chi connectivity index (χ3v) is 2.78. The highest BCUT2D eigenvalue weighted by Gasteiger charge is 2.31. The van der Waals surface area contributed by atoms with Crippen molar-refractivity contribution in [1.82, 2.24) is 0 Å². The fourth-order valence-electron chi connectivity index (χ4n) is 1.98. The number of nitrogens with zero attached hydrogens (tertiary/aromatic N) is 1. The maximum atomic E-state index is 13.0. The van der Waals surface area contributed by atoms with Gasteiger partial charge in [0.05, 0.1) is 26.9 Å². The van der Waals surface area contributed by atoms with Gasteiger partial charge in [0.2, 0.25) is 6.36 Å². The van der Waals surface area contributed by atoms with Crippen molar-refractivity contribution in [2.45, 2.75) is 18.8 Å². The van der Waals surface area contributed by atoms with Crippen LogP contribution in [0.3, 0.4) is 0 Å². The average molecular weight is 241 g/mol. The molecule has 0 radical (unpaired) electrons. The fourth-order valence-corrected chi connectivity index (χ4v) is 1.98. The van der Waals surface area contributed by atoms with Crippen LogP contribution in [0.25, 0.3) is 0 Å². The monoisotopic (exact) mass is 241 g/mol. The highest BCUT2D eigenvalue weighted by Crippen LogP contribution is 2.32. The van der Waals surface area contributed by atoms with Gasteiger partial charge in [-0.05, 0) is 12.1 Å². The molecule has 4 nitrogen and oxygen atoms in total. The predicted octanol–water partition coefficient (Wildman–Crippen LogP) is 2.15. The Hall–Kier alpha value is -1.33. The molecule has 1 heterocycles. The second-order valence-corrected chi connectivity index (χ2v) is 3.81. The summed E-state index contributed by atoms with van der Waals surface area (Å²) in [5.74, 6) is 0.691. The summed E-state index contributed by atoms with van der Waals surface area (Å²) < 4.78 is 23.2. The number of hydroxylamine groups is 1. The molecule has 0 amide bonds. The molecule has 17 heavy (non-hydrogen) atoms. The maximum Gasteiger partial charge on any atom is 0.201 e. The van der Waals surface area contributed by atoms with Gasteiger partial charge in [-0.1, -0.05) is 12.1 Å². The molecule has 2 atom stereocenters. The Morgan fingerprint density at radius 3 is 2.71 bits per heavy atom. The van der Waals surface area contributed by atoms with Crippen molar-refractivity contribution in [2.75, 3.05) is 25.9 Å². The van der Waals surface area contributed by atoms with Crippen molar-refractivity contribution in [3.63, 3.8) is 0 Å². The Bertz CT molecular complexity index is 375. The molecule has 0 saturated carbocycles. The van der Waals surface area contributed by atoms with Gasteiger partial charge < -0.3 is 9.47 Å². The lowest BCUT2D eigenvalue weighted by atomic mass is 10.2. The SMILES string of the molecule is COc1ccccc1N(OC)C1COC(F)C1. The number of rotatable bonds is 4. The molecule has 1 aromatic carbocycles. The quantitative estimate of drug-likeness (QED) is 0.756. The molecule has 0 aliphatic carbocycles. The summed E-state index contributed by atoms with van der Waals surface area (Å²) in [6, 6.07) is 7.33. The number of ether oxygens (including phenoxy) is 2. The van der Waals surface area contributed by atoms with E-state index >= 15 is 0 Å². The molecule has 0 aromatic heterocycles. The van der Waals surface area contributed by atoms with Crippen molar-refractivity contribution in [2.24, 2.45) is 0 Å². The lowest BCUT2D eigenvalue weighted by Crippen LogP contribution is -2.35. The van der Waals surface area contributed by atoms with Crippen molar-refractivity contribution >= 4 is 5.69 Å². The van der Waals surface area contributed by atoms with Crippen LogP contribution in [0, 0.1) is 0 Å². The van der Waals surface area contributed by atoms with E-state index in [1.54, 1.807) is 19.3 Å². The van der Waals surface area contributed by atoms with E-state index in [9.17, 15) is 4.39 Å². The van der Waals surface area contributed by atoms with Crippen molar-refractivity contribution in [1.29, 1.82) is 0 Å². The number of hydrogen-bond acceptors (Lipinski definition) is 4. The largest absolute Gasteiger partial charge is 0.494 e. The molecule has 5 heteroatoms. The minimum atomic E-state index is -1.22. The summed E-state index contributed by atoms with van der Waals surface area (Å²) >= 11 is 0. The number of anilines is 1. The second-order valence-electron chi connectivity index (χ2n) is 3.81. The zero-order valence-corrected chi connectivity index (χ0v) is 9.93. The summed E-state index contributed by atoms with van der Waals surface area (Å²) in [5.41, 5.74) is 0.778. The van der Waals surface area contributed by atoms with Gasteiger partial charge in [0, 0.05) is 6.42 Å². The number of halogens is 1. The molecule has 0 N–H and O–H groups in total. The van der Waals surface area contributed by atoms with Crippen LogP contribution in [0.2, 0.25) is 0 Å². The van der Waals surface area contributed by atoms with Gasteiger partial charge in [0.15, 0.2) is 0 Å². The van der Waals surface area contributed by atoms with Gasteiger partial charge in [-0.3, -0.25) is 4.84 Å². The number of methoxy groups -OCH3 is 1. The van der Waals surface area contributed by atoms with E-state index in [0.717, 1.165) is 5.69 Å². The van der Waals surface area contributed by atoms with E-state index in [-0.39, 0.29) is 6.04 Å². The van der Waals surface area contributed by atoms with Gasteiger partial charge in [0.1, 0.15) is 11.4 Å². The molecule has 2 unspecified atom stereocenters. The number of alkyl halides is 1. The van der Waals surface area contributed by atoms with E-state index in [1.807, 2.05) is 24.3 Å². The topological polar surface area (TPSA) is 30.9 Å². The molecular weight excluding hydrogens is 225 g/mol. The minimum absolute atomic E-state index is 0.133. The molecule has 1 aliphatic heterocycles.